The molecule has 0 atom stereocenters. The summed E-state index contributed by atoms with van der Waals surface area (Å²) in [6.07, 6.45) is 2.39. The van der Waals surface area contributed by atoms with Gasteiger partial charge in [0.2, 0.25) is 10.0 Å². The molecule has 28 heavy (non-hydrogen) atoms. The molecular formula is C22H25N3O2S. The average Bonchev–Trinajstić information content (AvgIpc) is 3.15. The zero-order valence-corrected chi connectivity index (χ0v) is 17.3. The lowest BCUT2D eigenvalue weighted by Gasteiger charge is -2.28. The number of nitrogens with zero attached hydrogens (tertiary/aromatic N) is 3. The van der Waals surface area contributed by atoms with Crippen LogP contribution in [0.1, 0.15) is 37.6 Å². The zero-order valence-electron chi connectivity index (χ0n) is 16.5. The first-order valence-corrected chi connectivity index (χ1v) is 10.9. The van der Waals surface area contributed by atoms with Crippen LogP contribution >= 0.6 is 0 Å². The van der Waals surface area contributed by atoms with Gasteiger partial charge in [0.05, 0.1) is 17.6 Å². The molecule has 0 spiro atoms. The number of aromatic nitrogens is 2. The number of benzene rings is 2. The summed E-state index contributed by atoms with van der Waals surface area (Å²) < 4.78 is 30.4. The fourth-order valence-corrected chi connectivity index (χ4v) is 5.34. The summed E-state index contributed by atoms with van der Waals surface area (Å²) in [5, 5.41) is 4.67. The molecule has 1 aliphatic rings. The molecule has 0 bridgehead atoms. The molecule has 1 aliphatic heterocycles. The summed E-state index contributed by atoms with van der Waals surface area (Å²) in [5.74, 6) is 0. The molecular weight excluding hydrogens is 370 g/mol. The normalized spacial score (nSPS) is 15.4. The largest absolute Gasteiger partial charge is 0.246 e. The van der Waals surface area contributed by atoms with Crippen LogP contribution in [-0.4, -0.2) is 29.0 Å². The topological polar surface area (TPSA) is 55.2 Å². The van der Waals surface area contributed by atoms with Crippen molar-refractivity contribution >= 4 is 10.0 Å². The van der Waals surface area contributed by atoms with E-state index in [0.29, 0.717) is 23.7 Å². The van der Waals surface area contributed by atoms with Crippen molar-refractivity contribution in [1.29, 1.82) is 0 Å². The minimum Gasteiger partial charge on any atom is -0.239 e. The lowest BCUT2D eigenvalue weighted by atomic mass is 9.92. The van der Waals surface area contributed by atoms with Crippen molar-refractivity contribution in [3.63, 3.8) is 0 Å². The van der Waals surface area contributed by atoms with Crippen molar-refractivity contribution < 1.29 is 8.42 Å². The number of hydrogen-bond donors (Lipinski definition) is 0. The number of hydrogen-bond acceptors (Lipinski definition) is 3. The van der Waals surface area contributed by atoms with Gasteiger partial charge in [-0.1, -0.05) is 63.2 Å². The standard InChI is InChI=1S/C22H25N3O2S/c1-22(2,3)21-20(16-25(23-21)19-11-5-4-6-12-19)28(26,27)24-14-13-17-9-7-8-10-18(17)15-24/h4-12,16H,13-15H2,1-3H3. The van der Waals surface area contributed by atoms with E-state index in [0.717, 1.165) is 17.7 Å². The summed E-state index contributed by atoms with van der Waals surface area (Å²) >= 11 is 0. The highest BCUT2D eigenvalue weighted by Gasteiger charge is 2.35. The molecule has 0 radical (unpaired) electrons. The SMILES string of the molecule is CC(C)(C)c1nn(-c2ccccc2)cc1S(=O)(=O)N1CCc2ccccc2C1. The Hall–Kier alpha value is -2.44. The van der Waals surface area contributed by atoms with Gasteiger partial charge in [-0.2, -0.15) is 9.40 Å². The van der Waals surface area contributed by atoms with E-state index in [-0.39, 0.29) is 0 Å². The Morgan fingerprint density at radius 1 is 0.929 bits per heavy atom. The van der Waals surface area contributed by atoms with Gasteiger partial charge in [0.25, 0.3) is 0 Å². The number of fused-ring (bicyclic) bond motifs is 1. The van der Waals surface area contributed by atoms with E-state index < -0.39 is 15.4 Å². The zero-order chi connectivity index (χ0) is 19.9. The molecule has 4 rings (SSSR count). The van der Waals surface area contributed by atoms with Crippen molar-refractivity contribution in [2.24, 2.45) is 0 Å². The van der Waals surface area contributed by atoms with E-state index in [1.54, 1.807) is 15.2 Å². The summed E-state index contributed by atoms with van der Waals surface area (Å²) in [6, 6.07) is 17.7. The lowest BCUT2D eigenvalue weighted by Crippen LogP contribution is -2.36. The molecule has 0 unspecified atom stereocenters. The summed E-state index contributed by atoms with van der Waals surface area (Å²) in [5.41, 5.74) is 3.35. The first-order valence-electron chi connectivity index (χ1n) is 9.49. The molecule has 2 aromatic carbocycles. The molecule has 146 valence electrons. The van der Waals surface area contributed by atoms with Crippen LogP contribution in [-0.2, 0) is 28.4 Å². The molecule has 0 N–H and O–H groups in total. The highest BCUT2D eigenvalue weighted by molar-refractivity contribution is 7.89. The minimum absolute atomic E-state index is 0.295. The van der Waals surface area contributed by atoms with Crippen molar-refractivity contribution in [2.75, 3.05) is 6.54 Å². The predicted octanol–water partition coefficient (Wildman–Crippen LogP) is 3.92. The Morgan fingerprint density at radius 3 is 2.25 bits per heavy atom. The van der Waals surface area contributed by atoms with Gasteiger partial charge >= 0.3 is 0 Å². The van der Waals surface area contributed by atoms with Gasteiger partial charge < -0.3 is 0 Å². The fourth-order valence-electron chi connectivity index (χ4n) is 3.59. The van der Waals surface area contributed by atoms with Gasteiger partial charge in [-0.3, -0.25) is 0 Å². The predicted molar refractivity (Wildman–Crippen MR) is 110 cm³/mol. The van der Waals surface area contributed by atoms with Crippen LogP contribution in [0.25, 0.3) is 5.69 Å². The molecule has 0 amide bonds. The highest BCUT2D eigenvalue weighted by Crippen LogP contribution is 2.32. The van der Waals surface area contributed by atoms with E-state index in [4.69, 9.17) is 0 Å². The summed E-state index contributed by atoms with van der Waals surface area (Å²) in [4.78, 5) is 0.295. The molecule has 0 fully saturated rings. The molecule has 0 aliphatic carbocycles. The molecule has 0 saturated carbocycles. The smallest absolute Gasteiger partial charge is 0.239 e. The van der Waals surface area contributed by atoms with Crippen molar-refractivity contribution in [1.82, 2.24) is 14.1 Å². The van der Waals surface area contributed by atoms with Crippen molar-refractivity contribution in [2.45, 2.75) is 44.0 Å². The second-order valence-corrected chi connectivity index (χ2v) is 10.1. The summed E-state index contributed by atoms with van der Waals surface area (Å²) in [7, 11) is -3.66. The highest BCUT2D eigenvalue weighted by atomic mass is 32.2. The molecule has 5 nitrogen and oxygen atoms in total. The van der Waals surface area contributed by atoms with Crippen LogP contribution in [0.15, 0.2) is 65.7 Å². The van der Waals surface area contributed by atoms with Gasteiger partial charge in [-0.25, -0.2) is 13.1 Å². The van der Waals surface area contributed by atoms with Crippen LogP contribution in [0.4, 0.5) is 0 Å². The van der Waals surface area contributed by atoms with Gasteiger partial charge in [0.1, 0.15) is 4.90 Å². The quantitative estimate of drug-likeness (QED) is 0.675. The Labute approximate surface area is 166 Å². The van der Waals surface area contributed by atoms with Gasteiger partial charge in [0, 0.05) is 18.5 Å². The summed E-state index contributed by atoms with van der Waals surface area (Å²) in [6.45, 7) is 6.87. The van der Waals surface area contributed by atoms with Gasteiger partial charge in [-0.05, 0) is 29.7 Å². The third-order valence-corrected chi connectivity index (χ3v) is 6.97. The van der Waals surface area contributed by atoms with Crippen LogP contribution < -0.4 is 0 Å². The Balaban J connectivity index is 1.78. The second kappa shape index (κ2) is 6.87. The first kappa shape index (κ1) is 18.9. The number of rotatable bonds is 3. The monoisotopic (exact) mass is 395 g/mol. The van der Waals surface area contributed by atoms with Crippen molar-refractivity contribution in [3.05, 3.63) is 77.6 Å². The lowest BCUT2D eigenvalue weighted by molar-refractivity contribution is 0.389. The van der Waals surface area contributed by atoms with Crippen LogP contribution in [0.5, 0.6) is 0 Å². The maximum atomic E-state index is 13.6. The molecule has 0 saturated heterocycles. The second-order valence-electron chi connectivity index (χ2n) is 8.23. The van der Waals surface area contributed by atoms with E-state index >= 15 is 0 Å². The third-order valence-electron chi connectivity index (χ3n) is 5.13. The third kappa shape index (κ3) is 3.38. The molecule has 6 heteroatoms. The average molecular weight is 396 g/mol. The molecule has 2 heterocycles. The Bertz CT molecular complexity index is 1100. The maximum Gasteiger partial charge on any atom is 0.246 e. The van der Waals surface area contributed by atoms with Gasteiger partial charge in [0.15, 0.2) is 0 Å². The van der Waals surface area contributed by atoms with Crippen LogP contribution in [0.2, 0.25) is 0 Å². The maximum absolute atomic E-state index is 13.6. The van der Waals surface area contributed by atoms with Crippen molar-refractivity contribution in [3.8, 4) is 5.69 Å². The van der Waals surface area contributed by atoms with E-state index in [2.05, 4.69) is 11.2 Å². The number of sulfonamides is 1. The van der Waals surface area contributed by atoms with E-state index in [1.165, 1.54) is 5.56 Å². The minimum atomic E-state index is -3.66. The van der Waals surface area contributed by atoms with E-state index in [9.17, 15) is 8.42 Å². The fraction of sp³-hybridized carbons (Fsp3) is 0.318. The van der Waals surface area contributed by atoms with Crippen LogP contribution in [0, 0.1) is 0 Å². The molecule has 1 aromatic heterocycles. The Morgan fingerprint density at radius 2 is 1.57 bits per heavy atom. The van der Waals surface area contributed by atoms with Crippen LogP contribution in [0.3, 0.4) is 0 Å². The number of para-hydroxylation sites is 1. The first-order chi connectivity index (χ1) is 13.3. The van der Waals surface area contributed by atoms with E-state index in [1.807, 2.05) is 69.3 Å². The van der Waals surface area contributed by atoms with Gasteiger partial charge in [-0.15, -0.1) is 0 Å². The molecule has 3 aromatic rings. The Kier molecular flexibility index (Phi) is 4.63.